The van der Waals surface area contributed by atoms with E-state index in [1.165, 1.54) is 13.8 Å². The Bertz CT molecular complexity index is 1790. The van der Waals surface area contributed by atoms with Crippen molar-refractivity contribution in [2.24, 2.45) is 5.92 Å². The number of rotatable bonds is 10. The summed E-state index contributed by atoms with van der Waals surface area (Å²) in [5.41, 5.74) is 4.67. The first-order valence-corrected chi connectivity index (χ1v) is 15.5. The molecule has 1 saturated heterocycles. The van der Waals surface area contributed by atoms with Gasteiger partial charge in [-0.05, 0) is 24.1 Å². The number of esters is 2. The van der Waals surface area contributed by atoms with Gasteiger partial charge in [0, 0.05) is 37.9 Å². The number of nitrogens with zero attached hydrogens (tertiary/aromatic N) is 3. The highest BCUT2D eigenvalue weighted by Crippen LogP contribution is 2.36. The summed E-state index contributed by atoms with van der Waals surface area (Å²) < 4.78 is 32.3. The Labute approximate surface area is 267 Å². The first-order valence-electron chi connectivity index (χ1n) is 15.5. The van der Waals surface area contributed by atoms with Crippen molar-refractivity contribution in [1.82, 2.24) is 14.4 Å². The Morgan fingerprint density at radius 1 is 0.848 bits per heavy atom. The highest BCUT2D eigenvalue weighted by atomic mass is 16.7. The number of ether oxygens (including phenoxy) is 4. The first-order chi connectivity index (χ1) is 22.3. The molecule has 0 unspecified atom stereocenters. The van der Waals surface area contributed by atoms with E-state index in [1.807, 2.05) is 85.1 Å². The van der Waals surface area contributed by atoms with Crippen LogP contribution in [-0.4, -0.2) is 50.9 Å². The van der Waals surface area contributed by atoms with E-state index in [9.17, 15) is 9.59 Å². The minimum absolute atomic E-state index is 0.255. The smallest absolute Gasteiger partial charge is 0.303 e. The Balaban J connectivity index is 1.52. The van der Waals surface area contributed by atoms with Crippen molar-refractivity contribution < 1.29 is 33.0 Å². The van der Waals surface area contributed by atoms with Gasteiger partial charge in [0.15, 0.2) is 5.65 Å². The maximum atomic E-state index is 12.3. The maximum Gasteiger partial charge on any atom is 0.303 e. The van der Waals surface area contributed by atoms with Crippen LogP contribution >= 0.6 is 0 Å². The molecule has 5 aromatic rings. The molecule has 10 heteroatoms. The molecular formula is C36H37N3O7. The number of hydrogen-bond acceptors (Lipinski definition) is 9. The molecule has 5 atom stereocenters. The Morgan fingerprint density at radius 2 is 1.54 bits per heavy atom. The number of hydrogen-bond donors (Lipinski definition) is 0. The van der Waals surface area contributed by atoms with Crippen molar-refractivity contribution >= 4 is 17.6 Å². The van der Waals surface area contributed by atoms with Crippen molar-refractivity contribution in [3.63, 3.8) is 0 Å². The third-order valence-corrected chi connectivity index (χ3v) is 8.15. The van der Waals surface area contributed by atoms with Gasteiger partial charge in [0.05, 0.1) is 30.2 Å². The number of benzene rings is 2. The predicted octanol–water partition coefficient (Wildman–Crippen LogP) is 6.18. The summed E-state index contributed by atoms with van der Waals surface area (Å²) in [6, 6.07) is 23.7. The van der Waals surface area contributed by atoms with Gasteiger partial charge in [0.1, 0.15) is 17.6 Å². The number of furan rings is 1. The van der Waals surface area contributed by atoms with E-state index in [-0.39, 0.29) is 12.0 Å². The van der Waals surface area contributed by atoms with E-state index in [4.69, 9.17) is 33.3 Å². The summed E-state index contributed by atoms with van der Waals surface area (Å²) in [5, 5.41) is 0. The van der Waals surface area contributed by atoms with Gasteiger partial charge >= 0.3 is 11.9 Å². The van der Waals surface area contributed by atoms with Crippen LogP contribution in [0.15, 0.2) is 89.7 Å². The van der Waals surface area contributed by atoms with Crippen molar-refractivity contribution in [2.45, 2.75) is 71.6 Å². The normalized spacial score (nSPS) is 21.2. The van der Waals surface area contributed by atoms with Crippen LogP contribution in [0, 0.1) is 5.92 Å². The number of imidazole rings is 1. The average molecular weight is 624 g/mol. The highest BCUT2D eigenvalue weighted by Gasteiger charge is 2.49. The van der Waals surface area contributed by atoms with Gasteiger partial charge < -0.3 is 23.4 Å². The zero-order chi connectivity index (χ0) is 32.2. The maximum absolute atomic E-state index is 12.3. The number of aromatic nitrogens is 3. The summed E-state index contributed by atoms with van der Waals surface area (Å²) in [5.74, 6) is -0.214. The Kier molecular flexibility index (Phi) is 9.16. The fraction of sp³-hybridized carbons (Fsp3) is 0.333. The van der Waals surface area contributed by atoms with Crippen LogP contribution in [0.1, 0.15) is 56.8 Å². The number of carbonyl (C=O) groups is 2. The fourth-order valence-electron chi connectivity index (χ4n) is 6.00. The molecule has 0 N–H and O–H groups in total. The Morgan fingerprint density at radius 3 is 2.20 bits per heavy atom. The largest absolute Gasteiger partial charge is 0.469 e. The molecule has 0 amide bonds. The standard InChI is InChI=1S/C36H37N3O7/c1-5-31-22(2)32(43-23(3)40)33(44-24(4)41)36(45-31)46-35-29(20-27-17-12-18-42-27)38-34-28(19-25-13-8-6-9-14-25)37-30(21-39(34)35)26-15-10-7-11-16-26/h6-18,21-22,31-33,36H,5,19-20H2,1-4H3/t22-,31+,32-,33+,36-/m0/s1. The lowest BCUT2D eigenvalue weighted by Gasteiger charge is -2.43. The molecule has 0 radical (unpaired) electrons. The van der Waals surface area contributed by atoms with Gasteiger partial charge in [0.25, 0.3) is 0 Å². The van der Waals surface area contributed by atoms with E-state index in [2.05, 4.69) is 12.1 Å². The summed E-state index contributed by atoms with van der Waals surface area (Å²) in [7, 11) is 0. The molecule has 238 valence electrons. The Hall–Kier alpha value is -4.96. The van der Waals surface area contributed by atoms with Crippen molar-refractivity contribution in [3.8, 4) is 17.1 Å². The lowest BCUT2D eigenvalue weighted by atomic mass is 9.89. The molecule has 1 fully saturated rings. The third kappa shape index (κ3) is 6.67. The van der Waals surface area contributed by atoms with E-state index < -0.39 is 30.4 Å². The predicted molar refractivity (Wildman–Crippen MR) is 169 cm³/mol. The molecule has 1 aliphatic rings. The van der Waals surface area contributed by atoms with Crippen LogP contribution < -0.4 is 4.74 Å². The molecule has 0 bridgehead atoms. The van der Waals surface area contributed by atoms with Crippen LogP contribution in [0.2, 0.25) is 0 Å². The van der Waals surface area contributed by atoms with Gasteiger partial charge in [-0.2, -0.15) is 0 Å². The molecule has 0 spiro atoms. The number of fused-ring (bicyclic) bond motifs is 1. The SMILES string of the molecule is CC[C@H]1O[C@@H](Oc2c(Cc3ccco3)nc3c(Cc4ccccc4)nc(-c4ccccc4)cn23)[C@H](OC(C)=O)[C@@H](OC(C)=O)[C@H]1C. The molecule has 2 aromatic carbocycles. The van der Waals surface area contributed by atoms with E-state index in [1.54, 1.807) is 6.26 Å². The van der Waals surface area contributed by atoms with Gasteiger partial charge in [-0.3, -0.25) is 14.0 Å². The van der Waals surface area contributed by atoms with Gasteiger partial charge in [-0.1, -0.05) is 74.5 Å². The molecule has 6 rings (SSSR count). The summed E-state index contributed by atoms with van der Waals surface area (Å²) in [4.78, 5) is 34.7. The summed E-state index contributed by atoms with van der Waals surface area (Å²) in [6.45, 7) is 6.54. The second-order valence-corrected chi connectivity index (χ2v) is 11.5. The lowest BCUT2D eigenvalue weighted by Crippen LogP contribution is -2.58. The van der Waals surface area contributed by atoms with E-state index >= 15 is 0 Å². The molecule has 4 heterocycles. The van der Waals surface area contributed by atoms with Crippen LogP contribution in [0.25, 0.3) is 16.9 Å². The topological polar surface area (TPSA) is 114 Å². The fourth-order valence-corrected chi connectivity index (χ4v) is 6.00. The van der Waals surface area contributed by atoms with Gasteiger partial charge in [0.2, 0.25) is 18.3 Å². The highest BCUT2D eigenvalue weighted by molar-refractivity contribution is 5.67. The van der Waals surface area contributed by atoms with E-state index in [0.717, 1.165) is 22.5 Å². The van der Waals surface area contributed by atoms with Crippen LogP contribution in [-0.2, 0) is 36.6 Å². The minimum Gasteiger partial charge on any atom is -0.469 e. The zero-order valence-electron chi connectivity index (χ0n) is 26.3. The lowest BCUT2D eigenvalue weighted by molar-refractivity contribution is -0.267. The molecule has 0 saturated carbocycles. The first kappa shape index (κ1) is 31.0. The van der Waals surface area contributed by atoms with Crippen molar-refractivity contribution in [2.75, 3.05) is 0 Å². The van der Waals surface area contributed by atoms with Crippen molar-refractivity contribution in [1.29, 1.82) is 0 Å². The van der Waals surface area contributed by atoms with Gasteiger partial charge in [-0.15, -0.1) is 0 Å². The minimum atomic E-state index is -1.10. The quantitative estimate of drug-likeness (QED) is 0.168. The monoisotopic (exact) mass is 623 g/mol. The second kappa shape index (κ2) is 13.6. The molecule has 0 aliphatic carbocycles. The third-order valence-electron chi connectivity index (χ3n) is 8.15. The van der Waals surface area contributed by atoms with Crippen LogP contribution in [0.5, 0.6) is 5.88 Å². The van der Waals surface area contributed by atoms with Crippen molar-refractivity contribution in [3.05, 3.63) is 108 Å². The molecule has 46 heavy (non-hydrogen) atoms. The molecule has 10 nitrogen and oxygen atoms in total. The molecular weight excluding hydrogens is 586 g/mol. The summed E-state index contributed by atoms with van der Waals surface area (Å²) >= 11 is 0. The second-order valence-electron chi connectivity index (χ2n) is 11.5. The van der Waals surface area contributed by atoms with Crippen LogP contribution in [0.4, 0.5) is 0 Å². The van der Waals surface area contributed by atoms with Gasteiger partial charge in [-0.25, -0.2) is 9.97 Å². The van der Waals surface area contributed by atoms with E-state index in [0.29, 0.717) is 42.2 Å². The van der Waals surface area contributed by atoms with Crippen LogP contribution in [0.3, 0.4) is 0 Å². The summed E-state index contributed by atoms with van der Waals surface area (Å²) in [6.07, 6.45) is 1.73. The average Bonchev–Trinajstić information content (AvgIpc) is 3.69. The number of carbonyl (C=O) groups excluding carboxylic acids is 2. The molecule has 3 aromatic heterocycles. The zero-order valence-corrected chi connectivity index (χ0v) is 26.3. The molecule has 1 aliphatic heterocycles.